The topological polar surface area (TPSA) is 12.5 Å². The van der Waals surface area contributed by atoms with Crippen molar-refractivity contribution in [2.75, 3.05) is 25.6 Å². The van der Waals surface area contributed by atoms with E-state index in [0.717, 1.165) is 12.2 Å². The molecule has 0 radical (unpaired) electrons. The van der Waals surface area contributed by atoms with Crippen LogP contribution in [0, 0.1) is 0 Å². The van der Waals surface area contributed by atoms with E-state index in [-0.39, 0.29) is 0 Å². The quantitative estimate of drug-likeness (QED) is 0.433. The van der Waals surface area contributed by atoms with Gasteiger partial charge in [-0.25, -0.2) is 0 Å². The third-order valence-electron chi connectivity index (χ3n) is 4.81. The first-order valence-corrected chi connectivity index (χ1v) is 9.01. The Morgan fingerprint density at radius 3 is 2.15 bits per heavy atom. The molecule has 0 aliphatic heterocycles. The minimum atomic E-state index is 0.674. The van der Waals surface area contributed by atoms with Crippen molar-refractivity contribution in [1.82, 2.24) is 0 Å². The molecule has 2 heteroatoms. The fraction of sp³-hybridized carbons (Fsp3) is 0.167. The Balaban J connectivity index is 1.52. The standard InChI is InChI=1S/C24H23NO/c1-25(2)22-12-10-18(11-13-22)14-15-26-24-9-5-8-21-16-19-6-3-4-7-20(19)17-23(21)24/h3-13,16-17H,14-15H2,1-2H3. The summed E-state index contributed by atoms with van der Waals surface area (Å²) in [6.07, 6.45) is 0.900. The monoisotopic (exact) mass is 341 g/mol. The van der Waals surface area contributed by atoms with Gasteiger partial charge in [0.05, 0.1) is 6.61 Å². The number of hydrogen-bond acceptors (Lipinski definition) is 2. The van der Waals surface area contributed by atoms with E-state index in [9.17, 15) is 0 Å². The van der Waals surface area contributed by atoms with Gasteiger partial charge in [0.2, 0.25) is 0 Å². The van der Waals surface area contributed by atoms with Crippen LogP contribution in [-0.2, 0) is 6.42 Å². The van der Waals surface area contributed by atoms with Gasteiger partial charge >= 0.3 is 0 Å². The molecule has 0 saturated carbocycles. The fourth-order valence-electron chi connectivity index (χ4n) is 3.30. The van der Waals surface area contributed by atoms with Crippen LogP contribution in [0.1, 0.15) is 5.56 Å². The van der Waals surface area contributed by atoms with E-state index in [0.29, 0.717) is 6.61 Å². The van der Waals surface area contributed by atoms with E-state index < -0.39 is 0 Å². The van der Waals surface area contributed by atoms with Crippen molar-refractivity contribution in [3.8, 4) is 5.75 Å². The van der Waals surface area contributed by atoms with Gasteiger partial charge in [0, 0.05) is 31.6 Å². The molecule has 0 bridgehead atoms. The van der Waals surface area contributed by atoms with Crippen molar-refractivity contribution < 1.29 is 4.74 Å². The van der Waals surface area contributed by atoms with Gasteiger partial charge in [-0.1, -0.05) is 48.5 Å². The van der Waals surface area contributed by atoms with Crippen molar-refractivity contribution >= 4 is 27.2 Å². The van der Waals surface area contributed by atoms with Crippen molar-refractivity contribution in [1.29, 1.82) is 0 Å². The summed E-state index contributed by atoms with van der Waals surface area (Å²) >= 11 is 0. The van der Waals surface area contributed by atoms with Crippen LogP contribution in [-0.4, -0.2) is 20.7 Å². The van der Waals surface area contributed by atoms with Gasteiger partial charge in [-0.3, -0.25) is 0 Å². The van der Waals surface area contributed by atoms with Crippen molar-refractivity contribution in [2.24, 2.45) is 0 Å². The van der Waals surface area contributed by atoms with Crippen molar-refractivity contribution in [3.05, 3.63) is 84.4 Å². The third-order valence-corrected chi connectivity index (χ3v) is 4.81. The Bertz CT molecular complexity index is 1030. The fourth-order valence-corrected chi connectivity index (χ4v) is 3.30. The lowest BCUT2D eigenvalue weighted by atomic mass is 10.0. The molecule has 130 valence electrons. The molecular formula is C24H23NO. The molecule has 4 aromatic rings. The number of benzene rings is 4. The number of fused-ring (bicyclic) bond motifs is 2. The summed E-state index contributed by atoms with van der Waals surface area (Å²) in [6, 6.07) is 27.9. The van der Waals surface area contributed by atoms with E-state index in [1.54, 1.807) is 0 Å². The normalized spacial score (nSPS) is 11.0. The summed E-state index contributed by atoms with van der Waals surface area (Å²) in [5.74, 6) is 0.957. The summed E-state index contributed by atoms with van der Waals surface area (Å²) in [7, 11) is 4.12. The van der Waals surface area contributed by atoms with Crippen molar-refractivity contribution in [2.45, 2.75) is 6.42 Å². The second-order valence-electron chi connectivity index (χ2n) is 6.84. The zero-order valence-corrected chi connectivity index (χ0v) is 15.3. The predicted octanol–water partition coefficient (Wildman–Crippen LogP) is 5.68. The number of anilines is 1. The van der Waals surface area contributed by atoms with E-state index in [4.69, 9.17) is 4.74 Å². The smallest absolute Gasteiger partial charge is 0.127 e. The van der Waals surface area contributed by atoms with Gasteiger partial charge < -0.3 is 9.64 Å². The van der Waals surface area contributed by atoms with Crippen LogP contribution in [0.25, 0.3) is 21.5 Å². The largest absolute Gasteiger partial charge is 0.493 e. The lowest BCUT2D eigenvalue weighted by Gasteiger charge is -2.13. The molecule has 0 aromatic heterocycles. The van der Waals surface area contributed by atoms with Crippen molar-refractivity contribution in [3.63, 3.8) is 0 Å². The van der Waals surface area contributed by atoms with Gasteiger partial charge in [0.1, 0.15) is 5.75 Å². The summed E-state index contributed by atoms with van der Waals surface area (Å²) in [5, 5.41) is 4.90. The molecule has 0 atom stereocenters. The third kappa shape index (κ3) is 3.36. The number of ether oxygens (including phenoxy) is 1. The minimum absolute atomic E-state index is 0.674. The number of hydrogen-bond donors (Lipinski definition) is 0. The molecule has 0 aliphatic carbocycles. The molecule has 0 aliphatic rings. The van der Waals surface area contributed by atoms with Gasteiger partial charge in [-0.15, -0.1) is 0 Å². The second kappa shape index (κ2) is 7.09. The maximum absolute atomic E-state index is 6.14. The molecule has 0 fully saturated rings. The van der Waals surface area contributed by atoms with E-state index in [2.05, 4.69) is 97.9 Å². The Labute approximate surface area is 154 Å². The van der Waals surface area contributed by atoms with E-state index in [1.165, 1.54) is 32.8 Å². The van der Waals surface area contributed by atoms with Crippen LogP contribution in [0.4, 0.5) is 5.69 Å². The van der Waals surface area contributed by atoms with Crippen LogP contribution in [0.15, 0.2) is 78.9 Å². The molecule has 4 rings (SSSR count). The highest BCUT2D eigenvalue weighted by molar-refractivity contribution is 6.00. The molecule has 0 unspecified atom stereocenters. The zero-order chi connectivity index (χ0) is 17.9. The first-order valence-electron chi connectivity index (χ1n) is 9.01. The van der Waals surface area contributed by atoms with Crippen LogP contribution in [0.3, 0.4) is 0 Å². The second-order valence-corrected chi connectivity index (χ2v) is 6.84. The lowest BCUT2D eigenvalue weighted by molar-refractivity contribution is 0.326. The predicted molar refractivity (Wildman–Crippen MR) is 111 cm³/mol. The Kier molecular flexibility index (Phi) is 4.49. The maximum atomic E-state index is 6.14. The first-order chi connectivity index (χ1) is 12.7. The van der Waals surface area contributed by atoms with Gasteiger partial charge in [0.15, 0.2) is 0 Å². The van der Waals surface area contributed by atoms with Crippen LogP contribution < -0.4 is 9.64 Å². The molecule has 0 saturated heterocycles. The van der Waals surface area contributed by atoms with E-state index in [1.807, 2.05) is 0 Å². The van der Waals surface area contributed by atoms with Crippen LogP contribution in [0.2, 0.25) is 0 Å². The average Bonchev–Trinajstić information content (AvgIpc) is 2.67. The molecule has 26 heavy (non-hydrogen) atoms. The van der Waals surface area contributed by atoms with Gasteiger partial charge in [-0.05, 0) is 52.1 Å². The molecule has 0 amide bonds. The molecular weight excluding hydrogens is 318 g/mol. The Morgan fingerprint density at radius 1 is 0.731 bits per heavy atom. The van der Waals surface area contributed by atoms with E-state index >= 15 is 0 Å². The highest BCUT2D eigenvalue weighted by atomic mass is 16.5. The number of rotatable bonds is 5. The molecule has 4 aromatic carbocycles. The lowest BCUT2D eigenvalue weighted by Crippen LogP contribution is -2.08. The molecule has 2 nitrogen and oxygen atoms in total. The average molecular weight is 341 g/mol. The Hall–Kier alpha value is -3.00. The summed E-state index contributed by atoms with van der Waals surface area (Å²) in [6.45, 7) is 0.674. The van der Waals surface area contributed by atoms with Crippen LogP contribution in [0.5, 0.6) is 5.75 Å². The van der Waals surface area contributed by atoms with Crippen LogP contribution >= 0.6 is 0 Å². The SMILES string of the molecule is CN(C)c1ccc(CCOc2cccc3cc4ccccc4cc23)cc1. The maximum Gasteiger partial charge on any atom is 0.127 e. The Morgan fingerprint density at radius 2 is 1.42 bits per heavy atom. The highest BCUT2D eigenvalue weighted by Gasteiger charge is 2.05. The zero-order valence-electron chi connectivity index (χ0n) is 15.3. The summed E-state index contributed by atoms with van der Waals surface area (Å²) in [5.41, 5.74) is 2.51. The van der Waals surface area contributed by atoms with Gasteiger partial charge in [0.25, 0.3) is 0 Å². The van der Waals surface area contributed by atoms with Gasteiger partial charge in [-0.2, -0.15) is 0 Å². The summed E-state index contributed by atoms with van der Waals surface area (Å²) < 4.78 is 6.14. The highest BCUT2D eigenvalue weighted by Crippen LogP contribution is 2.30. The number of nitrogens with zero attached hydrogens (tertiary/aromatic N) is 1. The molecule has 0 heterocycles. The molecule has 0 N–H and O–H groups in total. The summed E-state index contributed by atoms with van der Waals surface area (Å²) in [4.78, 5) is 2.11. The first kappa shape index (κ1) is 16.5. The molecule has 0 spiro atoms. The minimum Gasteiger partial charge on any atom is -0.493 e.